The van der Waals surface area contributed by atoms with Gasteiger partial charge in [0.1, 0.15) is 0 Å². The molecule has 0 bridgehead atoms. The molecule has 0 radical (unpaired) electrons. The molecule has 1 saturated heterocycles. The fourth-order valence-electron chi connectivity index (χ4n) is 3.29. The molecule has 2 heterocycles. The van der Waals surface area contributed by atoms with Gasteiger partial charge in [-0.15, -0.1) is 0 Å². The predicted octanol–water partition coefficient (Wildman–Crippen LogP) is 1.88. The number of hydrogen-bond donors (Lipinski definition) is 0. The highest BCUT2D eigenvalue weighted by Crippen LogP contribution is 2.17. The minimum atomic E-state index is -0.193. The third kappa shape index (κ3) is 4.82. The number of hydrogen-bond acceptors (Lipinski definition) is 5. The Kier molecular flexibility index (Phi) is 6.29. The summed E-state index contributed by atoms with van der Waals surface area (Å²) in [6.07, 6.45) is 1.63. The van der Waals surface area contributed by atoms with E-state index in [1.807, 2.05) is 6.07 Å². The topological polar surface area (TPSA) is 97.9 Å². The lowest BCUT2D eigenvalue weighted by Crippen LogP contribution is -2.51. The average Bonchev–Trinajstić information content (AvgIpc) is 3.28. The van der Waals surface area contributed by atoms with Crippen LogP contribution in [0.4, 0.5) is 5.69 Å². The second-order valence-electron chi connectivity index (χ2n) is 6.73. The zero-order valence-electron chi connectivity index (χ0n) is 16.2. The van der Waals surface area contributed by atoms with Crippen LogP contribution in [0, 0.1) is 11.3 Å². The largest absolute Gasteiger partial charge is 0.459 e. The number of nitrogens with zero attached hydrogens (tertiary/aromatic N) is 4. The summed E-state index contributed by atoms with van der Waals surface area (Å²) in [4.78, 5) is 41.8. The van der Waals surface area contributed by atoms with Crippen molar-refractivity contribution in [2.75, 3.05) is 37.6 Å². The molecule has 1 aliphatic heterocycles. The third-order valence-electron chi connectivity index (χ3n) is 4.87. The van der Waals surface area contributed by atoms with Gasteiger partial charge in [0.15, 0.2) is 5.76 Å². The lowest BCUT2D eigenvalue weighted by molar-refractivity contribution is -0.132. The van der Waals surface area contributed by atoms with Crippen LogP contribution < -0.4 is 4.90 Å². The molecule has 2 aromatic rings. The molecule has 8 heteroatoms. The first kappa shape index (κ1) is 20.1. The van der Waals surface area contributed by atoms with Gasteiger partial charge in [-0.1, -0.05) is 6.07 Å². The van der Waals surface area contributed by atoms with E-state index in [9.17, 15) is 14.4 Å². The zero-order chi connectivity index (χ0) is 20.8. The first-order chi connectivity index (χ1) is 14.0. The van der Waals surface area contributed by atoms with E-state index in [2.05, 4.69) is 0 Å². The number of nitriles is 1. The summed E-state index contributed by atoms with van der Waals surface area (Å²) < 4.78 is 5.14. The molecule has 0 spiro atoms. The van der Waals surface area contributed by atoms with Gasteiger partial charge in [0.05, 0.1) is 17.9 Å². The molecule has 0 aliphatic carbocycles. The monoisotopic (exact) mass is 394 g/mol. The van der Waals surface area contributed by atoms with Gasteiger partial charge in [0.2, 0.25) is 11.8 Å². The number of benzene rings is 1. The summed E-state index contributed by atoms with van der Waals surface area (Å²) in [5.74, 6) is -0.150. The smallest absolute Gasteiger partial charge is 0.289 e. The van der Waals surface area contributed by atoms with Crippen LogP contribution in [0.2, 0.25) is 0 Å². The zero-order valence-corrected chi connectivity index (χ0v) is 16.2. The van der Waals surface area contributed by atoms with Crippen LogP contribution in [0.5, 0.6) is 0 Å². The van der Waals surface area contributed by atoms with Crippen molar-refractivity contribution in [2.45, 2.75) is 13.3 Å². The summed E-state index contributed by atoms with van der Waals surface area (Å²) in [6, 6.07) is 12.1. The first-order valence-corrected chi connectivity index (χ1v) is 9.38. The number of amides is 3. The van der Waals surface area contributed by atoms with Crippen LogP contribution in [0.25, 0.3) is 0 Å². The van der Waals surface area contributed by atoms with Gasteiger partial charge in [-0.05, 0) is 30.3 Å². The van der Waals surface area contributed by atoms with E-state index in [-0.39, 0.29) is 30.7 Å². The first-order valence-electron chi connectivity index (χ1n) is 9.38. The van der Waals surface area contributed by atoms with Crippen molar-refractivity contribution >= 4 is 23.4 Å². The van der Waals surface area contributed by atoms with Crippen molar-refractivity contribution < 1.29 is 18.8 Å². The molecule has 0 saturated carbocycles. The van der Waals surface area contributed by atoms with E-state index in [0.29, 0.717) is 43.2 Å². The Bertz CT molecular complexity index is 924. The molecular formula is C21H22N4O4. The van der Waals surface area contributed by atoms with Crippen molar-refractivity contribution in [3.63, 3.8) is 0 Å². The molecular weight excluding hydrogens is 372 g/mol. The Hall–Kier alpha value is -3.60. The van der Waals surface area contributed by atoms with Crippen molar-refractivity contribution in [3.8, 4) is 6.07 Å². The van der Waals surface area contributed by atoms with E-state index >= 15 is 0 Å². The molecule has 29 heavy (non-hydrogen) atoms. The van der Waals surface area contributed by atoms with Crippen LogP contribution in [-0.4, -0.2) is 60.2 Å². The maximum absolute atomic E-state index is 12.6. The molecule has 3 rings (SSSR count). The Morgan fingerprint density at radius 2 is 1.83 bits per heavy atom. The van der Waals surface area contributed by atoms with Gasteiger partial charge < -0.3 is 19.1 Å². The molecule has 0 unspecified atom stereocenters. The van der Waals surface area contributed by atoms with Crippen LogP contribution in [0.15, 0.2) is 47.1 Å². The highest BCUT2D eigenvalue weighted by Gasteiger charge is 2.26. The molecule has 1 fully saturated rings. The molecule has 150 valence electrons. The van der Waals surface area contributed by atoms with E-state index in [0.717, 1.165) is 0 Å². The normalized spacial score (nSPS) is 13.7. The van der Waals surface area contributed by atoms with E-state index in [1.165, 1.54) is 18.1 Å². The van der Waals surface area contributed by atoms with Gasteiger partial charge in [-0.25, -0.2) is 0 Å². The van der Waals surface area contributed by atoms with E-state index in [4.69, 9.17) is 9.68 Å². The number of furan rings is 1. The summed E-state index contributed by atoms with van der Waals surface area (Å²) in [6.45, 7) is 3.42. The Morgan fingerprint density at radius 3 is 2.45 bits per heavy atom. The Morgan fingerprint density at radius 1 is 1.10 bits per heavy atom. The standard InChI is InChI=1S/C21H22N4O4/c1-16(26)25(18-5-2-4-17(14-18)15-22)8-7-20(27)23-9-11-24(12-10-23)21(28)19-6-3-13-29-19/h2-6,13-14H,7-12H2,1H3. The quantitative estimate of drug-likeness (QED) is 0.771. The second-order valence-corrected chi connectivity index (χ2v) is 6.73. The molecule has 0 atom stereocenters. The molecule has 1 aliphatic rings. The second kappa shape index (κ2) is 9.06. The third-order valence-corrected chi connectivity index (χ3v) is 4.87. The Balaban J connectivity index is 1.54. The van der Waals surface area contributed by atoms with Crippen molar-refractivity contribution in [1.29, 1.82) is 5.26 Å². The summed E-state index contributed by atoms with van der Waals surface area (Å²) in [7, 11) is 0. The van der Waals surface area contributed by atoms with Crippen LogP contribution in [0.3, 0.4) is 0 Å². The fraction of sp³-hybridized carbons (Fsp3) is 0.333. The summed E-state index contributed by atoms with van der Waals surface area (Å²) in [5, 5.41) is 9.04. The maximum Gasteiger partial charge on any atom is 0.289 e. The van der Waals surface area contributed by atoms with Crippen LogP contribution in [0.1, 0.15) is 29.5 Å². The van der Waals surface area contributed by atoms with Gasteiger partial charge in [-0.3, -0.25) is 14.4 Å². The van der Waals surface area contributed by atoms with Crippen molar-refractivity contribution in [1.82, 2.24) is 9.80 Å². The fourth-order valence-corrected chi connectivity index (χ4v) is 3.29. The van der Waals surface area contributed by atoms with Gasteiger partial charge in [-0.2, -0.15) is 5.26 Å². The SMILES string of the molecule is CC(=O)N(CCC(=O)N1CCN(C(=O)c2ccco2)CC1)c1cccc(C#N)c1. The minimum Gasteiger partial charge on any atom is -0.459 e. The van der Waals surface area contributed by atoms with Gasteiger partial charge >= 0.3 is 0 Å². The van der Waals surface area contributed by atoms with E-state index < -0.39 is 0 Å². The van der Waals surface area contributed by atoms with Crippen LogP contribution in [-0.2, 0) is 9.59 Å². The summed E-state index contributed by atoms with van der Waals surface area (Å²) >= 11 is 0. The number of anilines is 1. The summed E-state index contributed by atoms with van der Waals surface area (Å²) in [5.41, 5.74) is 1.05. The highest BCUT2D eigenvalue weighted by molar-refractivity contribution is 5.93. The van der Waals surface area contributed by atoms with Crippen molar-refractivity contribution in [3.05, 3.63) is 54.0 Å². The molecule has 3 amide bonds. The minimum absolute atomic E-state index is 0.0715. The average molecular weight is 394 g/mol. The van der Waals surface area contributed by atoms with Crippen LogP contribution >= 0.6 is 0 Å². The molecule has 8 nitrogen and oxygen atoms in total. The predicted molar refractivity (Wildman–Crippen MR) is 105 cm³/mol. The number of piperazine rings is 1. The number of rotatable bonds is 5. The lowest BCUT2D eigenvalue weighted by Gasteiger charge is -2.34. The maximum atomic E-state index is 12.6. The molecule has 1 aromatic carbocycles. The van der Waals surface area contributed by atoms with Crippen molar-refractivity contribution in [2.24, 2.45) is 0 Å². The van der Waals surface area contributed by atoms with Gasteiger partial charge in [0, 0.05) is 51.8 Å². The van der Waals surface area contributed by atoms with E-state index in [1.54, 1.807) is 46.2 Å². The lowest BCUT2D eigenvalue weighted by atomic mass is 10.2. The number of carbonyl (C=O) groups excluding carboxylic acids is 3. The van der Waals surface area contributed by atoms with Gasteiger partial charge in [0.25, 0.3) is 5.91 Å². The highest BCUT2D eigenvalue weighted by atomic mass is 16.3. The number of carbonyl (C=O) groups is 3. The Labute approximate surface area is 168 Å². The molecule has 1 aromatic heterocycles. The molecule has 0 N–H and O–H groups in total.